The average molecular weight is 533 g/mol. The molecule has 2 saturated carbocycles. The molecule has 2 bridgehead atoms. The van der Waals surface area contributed by atoms with Gasteiger partial charge in [-0.25, -0.2) is 4.79 Å². The van der Waals surface area contributed by atoms with Crippen LogP contribution in [0.4, 0.5) is 11.4 Å². The number of nitrogens with zero attached hydrogens (tertiary/aromatic N) is 2. The molecule has 2 fully saturated rings. The molecular weight excluding hydrogens is 484 g/mol. The number of hydrogen-bond donors (Lipinski definition) is 0. The van der Waals surface area contributed by atoms with Crippen LogP contribution in [0.3, 0.4) is 0 Å². The fraction of sp³-hybridized carbons (Fsp3) is 0.618. The van der Waals surface area contributed by atoms with Crippen molar-refractivity contribution in [3.63, 3.8) is 0 Å². The van der Waals surface area contributed by atoms with Crippen LogP contribution >= 0.6 is 0 Å². The largest absolute Gasteiger partial charge is 0.494 e. The van der Waals surface area contributed by atoms with E-state index in [1.807, 2.05) is 36.4 Å². The van der Waals surface area contributed by atoms with Crippen molar-refractivity contribution in [2.45, 2.75) is 111 Å². The fourth-order valence-corrected chi connectivity index (χ4v) is 6.50. The average Bonchev–Trinajstić information content (AvgIpc) is 3.27. The third-order valence-corrected chi connectivity index (χ3v) is 9.70. The molecule has 0 unspecified atom stereocenters. The van der Waals surface area contributed by atoms with Gasteiger partial charge in [-0.15, -0.1) is 0 Å². The zero-order valence-electron chi connectivity index (χ0n) is 24.6. The van der Waals surface area contributed by atoms with Crippen molar-refractivity contribution in [1.82, 2.24) is 0 Å². The lowest BCUT2D eigenvalue weighted by Gasteiger charge is -2.38. The molecule has 2 aliphatic rings. The lowest BCUT2D eigenvalue weighted by molar-refractivity contribution is -0.0242. The quantitative estimate of drug-likeness (QED) is 0.130. The van der Waals surface area contributed by atoms with Gasteiger partial charge in [-0.1, -0.05) is 79.1 Å². The van der Waals surface area contributed by atoms with Crippen LogP contribution < -0.4 is 4.74 Å². The van der Waals surface area contributed by atoms with E-state index in [0.717, 1.165) is 37.3 Å². The Bertz CT molecular complexity index is 1080. The molecule has 5 heteroatoms. The standard InChI is InChI=1S/C34H48N2O3/c1-5-6-7-8-9-10-11-12-13-24-38-30-20-18-29(19-21-30)36-35-28-16-14-26(15-17-28)32(37)39-31-25-27-22-23-34(31,4)33(27,2)3/h14-21,27,31H,5-13,22-25H2,1-4H3/t27-,31-,34+/m0/s1. The summed E-state index contributed by atoms with van der Waals surface area (Å²) in [4.78, 5) is 12.8. The van der Waals surface area contributed by atoms with E-state index in [-0.39, 0.29) is 22.9 Å². The molecule has 0 radical (unpaired) electrons. The van der Waals surface area contributed by atoms with Crippen molar-refractivity contribution in [2.24, 2.45) is 27.0 Å². The van der Waals surface area contributed by atoms with Crippen molar-refractivity contribution in [1.29, 1.82) is 0 Å². The molecule has 0 saturated heterocycles. The molecule has 0 amide bonds. The lowest BCUT2D eigenvalue weighted by Crippen LogP contribution is -2.38. The molecular formula is C34H48N2O3. The van der Waals surface area contributed by atoms with E-state index in [2.05, 4.69) is 37.9 Å². The van der Waals surface area contributed by atoms with E-state index < -0.39 is 0 Å². The maximum absolute atomic E-state index is 12.8. The highest BCUT2D eigenvalue weighted by Gasteiger charge is 2.62. The summed E-state index contributed by atoms with van der Waals surface area (Å²) in [6.07, 6.45) is 15.1. The van der Waals surface area contributed by atoms with Crippen LogP contribution in [0, 0.1) is 16.7 Å². The second-order valence-electron chi connectivity index (χ2n) is 12.4. The van der Waals surface area contributed by atoms with Crippen LogP contribution in [0.25, 0.3) is 0 Å². The molecule has 3 atom stereocenters. The predicted molar refractivity (Wildman–Crippen MR) is 158 cm³/mol. The molecule has 4 rings (SSSR count). The minimum Gasteiger partial charge on any atom is -0.494 e. The van der Waals surface area contributed by atoms with Gasteiger partial charge in [0, 0.05) is 5.41 Å². The van der Waals surface area contributed by atoms with Gasteiger partial charge in [0.2, 0.25) is 0 Å². The van der Waals surface area contributed by atoms with Gasteiger partial charge in [0.1, 0.15) is 11.9 Å². The number of carbonyl (C=O) groups excluding carboxylic acids is 1. The minimum absolute atomic E-state index is 0.00447. The third kappa shape index (κ3) is 7.29. The molecule has 0 aliphatic heterocycles. The number of esters is 1. The topological polar surface area (TPSA) is 60.2 Å². The molecule has 0 aromatic heterocycles. The number of fused-ring (bicyclic) bond motifs is 2. The molecule has 39 heavy (non-hydrogen) atoms. The maximum atomic E-state index is 12.8. The predicted octanol–water partition coefficient (Wildman–Crippen LogP) is 10.4. The van der Waals surface area contributed by atoms with Gasteiger partial charge in [0.15, 0.2) is 0 Å². The summed E-state index contributed by atoms with van der Waals surface area (Å²) in [5.41, 5.74) is 2.31. The Kier molecular flexibility index (Phi) is 10.2. The first-order chi connectivity index (χ1) is 18.8. The van der Waals surface area contributed by atoms with Crippen molar-refractivity contribution in [2.75, 3.05) is 6.61 Å². The Balaban J connectivity index is 1.16. The Morgan fingerprint density at radius 2 is 1.38 bits per heavy atom. The van der Waals surface area contributed by atoms with Gasteiger partial charge in [0.25, 0.3) is 0 Å². The minimum atomic E-state index is -0.244. The van der Waals surface area contributed by atoms with Gasteiger partial charge in [0.05, 0.1) is 23.5 Å². The Labute approximate surface area is 235 Å². The number of azo groups is 1. The molecule has 2 aromatic rings. The molecule has 0 spiro atoms. The monoisotopic (exact) mass is 532 g/mol. The zero-order chi connectivity index (χ0) is 27.7. The second kappa shape index (κ2) is 13.6. The van der Waals surface area contributed by atoms with Gasteiger partial charge in [-0.3, -0.25) is 0 Å². The van der Waals surface area contributed by atoms with Crippen LogP contribution in [-0.2, 0) is 4.74 Å². The molecule has 0 N–H and O–H groups in total. The van der Waals surface area contributed by atoms with E-state index >= 15 is 0 Å². The summed E-state index contributed by atoms with van der Waals surface area (Å²) in [7, 11) is 0. The van der Waals surface area contributed by atoms with Crippen LogP contribution in [0.1, 0.15) is 115 Å². The Hall–Kier alpha value is -2.69. The summed E-state index contributed by atoms with van der Waals surface area (Å²) in [6, 6.07) is 14.9. The van der Waals surface area contributed by atoms with Crippen LogP contribution in [-0.4, -0.2) is 18.7 Å². The number of ether oxygens (including phenoxy) is 2. The van der Waals surface area contributed by atoms with Gasteiger partial charge >= 0.3 is 5.97 Å². The summed E-state index contributed by atoms with van der Waals surface area (Å²) in [5, 5.41) is 8.67. The van der Waals surface area contributed by atoms with E-state index in [1.54, 1.807) is 12.1 Å². The zero-order valence-corrected chi connectivity index (χ0v) is 24.6. The first-order valence-electron chi connectivity index (χ1n) is 15.3. The summed E-state index contributed by atoms with van der Waals surface area (Å²) in [5.74, 6) is 1.26. The highest BCUT2D eigenvalue weighted by Crippen LogP contribution is 2.66. The SMILES string of the molecule is CCCCCCCCCCCOc1ccc(N=Nc2ccc(C(=O)O[C@H]3C[C@@H]4CC[C@@]3(C)C4(C)C)cc2)cc1. The fourth-order valence-electron chi connectivity index (χ4n) is 6.50. The molecule has 212 valence electrons. The number of hydrogen-bond acceptors (Lipinski definition) is 5. The van der Waals surface area contributed by atoms with Crippen LogP contribution in [0.2, 0.25) is 0 Å². The maximum Gasteiger partial charge on any atom is 0.338 e. The van der Waals surface area contributed by atoms with E-state index in [9.17, 15) is 4.79 Å². The highest BCUT2D eigenvalue weighted by molar-refractivity contribution is 5.89. The van der Waals surface area contributed by atoms with E-state index in [1.165, 1.54) is 57.8 Å². The van der Waals surface area contributed by atoms with Crippen LogP contribution in [0.5, 0.6) is 5.75 Å². The molecule has 0 heterocycles. The molecule has 2 aromatic carbocycles. The first kappa shape index (κ1) is 29.3. The van der Waals surface area contributed by atoms with Crippen molar-refractivity contribution >= 4 is 17.3 Å². The summed E-state index contributed by atoms with van der Waals surface area (Å²) in [6.45, 7) is 9.97. The smallest absolute Gasteiger partial charge is 0.338 e. The summed E-state index contributed by atoms with van der Waals surface area (Å²) < 4.78 is 11.9. The third-order valence-electron chi connectivity index (χ3n) is 9.70. The van der Waals surface area contributed by atoms with E-state index in [0.29, 0.717) is 17.2 Å². The Morgan fingerprint density at radius 1 is 0.821 bits per heavy atom. The lowest BCUT2D eigenvalue weighted by atomic mass is 9.70. The summed E-state index contributed by atoms with van der Waals surface area (Å²) >= 11 is 0. The van der Waals surface area contributed by atoms with Crippen LogP contribution in [0.15, 0.2) is 58.8 Å². The first-order valence-corrected chi connectivity index (χ1v) is 15.3. The normalized spacial score (nSPS) is 23.4. The Morgan fingerprint density at radius 3 is 1.92 bits per heavy atom. The van der Waals surface area contributed by atoms with Crippen molar-refractivity contribution in [3.8, 4) is 5.75 Å². The number of carbonyl (C=O) groups is 1. The van der Waals surface area contributed by atoms with Gasteiger partial charge in [-0.2, -0.15) is 10.2 Å². The highest BCUT2D eigenvalue weighted by atomic mass is 16.5. The molecule has 5 nitrogen and oxygen atoms in total. The van der Waals surface area contributed by atoms with E-state index in [4.69, 9.17) is 9.47 Å². The van der Waals surface area contributed by atoms with Crippen molar-refractivity contribution < 1.29 is 14.3 Å². The number of unbranched alkanes of at least 4 members (excludes halogenated alkanes) is 8. The van der Waals surface area contributed by atoms with Gasteiger partial charge in [-0.05, 0) is 85.5 Å². The molecule has 2 aliphatic carbocycles. The second-order valence-corrected chi connectivity index (χ2v) is 12.4. The number of benzene rings is 2. The number of rotatable bonds is 15. The van der Waals surface area contributed by atoms with Gasteiger partial charge < -0.3 is 9.47 Å². The van der Waals surface area contributed by atoms with Crippen molar-refractivity contribution in [3.05, 3.63) is 54.1 Å².